The summed E-state index contributed by atoms with van der Waals surface area (Å²) in [7, 11) is 0. The maximum atomic E-state index is 9.83. The highest BCUT2D eigenvalue weighted by atomic mass is 16.3. The van der Waals surface area contributed by atoms with Crippen LogP contribution in [0.3, 0.4) is 0 Å². The van der Waals surface area contributed by atoms with Crippen LogP contribution in [-0.2, 0) is 0 Å². The standard InChI is InChI=1S/C10H20N2O/c11-8-5-6-12(7-8)9-3-1-2-4-10(9)13/h8-10,13H,1-7,11H2/t8-,9?,10?/m1/s1. The Morgan fingerprint density at radius 3 is 2.54 bits per heavy atom. The molecule has 76 valence electrons. The molecule has 1 aliphatic heterocycles. The summed E-state index contributed by atoms with van der Waals surface area (Å²) in [6.45, 7) is 2.07. The molecule has 2 fully saturated rings. The molecule has 3 heteroatoms. The van der Waals surface area contributed by atoms with Crippen LogP contribution in [0.5, 0.6) is 0 Å². The van der Waals surface area contributed by atoms with Gasteiger partial charge in [0.15, 0.2) is 0 Å². The van der Waals surface area contributed by atoms with E-state index in [0.29, 0.717) is 12.1 Å². The highest BCUT2D eigenvalue weighted by Gasteiger charge is 2.32. The lowest BCUT2D eigenvalue weighted by atomic mass is 9.91. The molecule has 2 rings (SSSR count). The van der Waals surface area contributed by atoms with E-state index in [0.717, 1.165) is 32.4 Å². The van der Waals surface area contributed by atoms with Crippen LogP contribution in [0, 0.1) is 0 Å². The van der Waals surface area contributed by atoms with Gasteiger partial charge in [-0.25, -0.2) is 0 Å². The molecule has 1 heterocycles. The summed E-state index contributed by atoms with van der Waals surface area (Å²) in [5.41, 5.74) is 5.85. The molecule has 1 saturated carbocycles. The second-order valence-electron chi connectivity index (χ2n) is 4.46. The zero-order valence-electron chi connectivity index (χ0n) is 8.15. The van der Waals surface area contributed by atoms with Crippen molar-refractivity contribution in [1.29, 1.82) is 0 Å². The van der Waals surface area contributed by atoms with Crippen molar-refractivity contribution in [1.82, 2.24) is 4.90 Å². The molecule has 0 spiro atoms. The molecule has 13 heavy (non-hydrogen) atoms. The van der Waals surface area contributed by atoms with Crippen LogP contribution in [0.1, 0.15) is 32.1 Å². The molecule has 0 aromatic rings. The molecule has 1 saturated heterocycles. The summed E-state index contributed by atoms with van der Waals surface area (Å²) < 4.78 is 0. The molecule has 0 bridgehead atoms. The zero-order valence-corrected chi connectivity index (χ0v) is 8.15. The average molecular weight is 184 g/mol. The van der Waals surface area contributed by atoms with Gasteiger partial charge in [0.05, 0.1) is 6.10 Å². The number of aliphatic hydroxyl groups excluding tert-OH is 1. The first-order valence-corrected chi connectivity index (χ1v) is 5.45. The second-order valence-corrected chi connectivity index (χ2v) is 4.46. The lowest BCUT2D eigenvalue weighted by molar-refractivity contribution is 0.0306. The van der Waals surface area contributed by atoms with Crippen LogP contribution in [0.15, 0.2) is 0 Å². The number of nitrogens with zero attached hydrogens (tertiary/aromatic N) is 1. The Hall–Kier alpha value is -0.120. The number of nitrogens with two attached hydrogens (primary N) is 1. The maximum Gasteiger partial charge on any atom is 0.0695 e. The van der Waals surface area contributed by atoms with Gasteiger partial charge in [0, 0.05) is 25.2 Å². The third kappa shape index (κ3) is 2.03. The van der Waals surface area contributed by atoms with E-state index in [1.807, 2.05) is 0 Å². The average Bonchev–Trinajstić information content (AvgIpc) is 2.53. The molecule has 0 aromatic heterocycles. The predicted molar refractivity (Wildman–Crippen MR) is 52.4 cm³/mol. The summed E-state index contributed by atoms with van der Waals surface area (Å²) in [6, 6.07) is 0.747. The van der Waals surface area contributed by atoms with Crippen molar-refractivity contribution in [3.05, 3.63) is 0 Å². The zero-order chi connectivity index (χ0) is 9.26. The molecule has 1 aliphatic carbocycles. The fourth-order valence-electron chi connectivity index (χ4n) is 2.63. The lowest BCUT2D eigenvalue weighted by Gasteiger charge is -2.35. The van der Waals surface area contributed by atoms with E-state index in [4.69, 9.17) is 5.73 Å². The van der Waals surface area contributed by atoms with Gasteiger partial charge in [-0.1, -0.05) is 12.8 Å². The Balaban J connectivity index is 1.91. The maximum absolute atomic E-state index is 9.83. The fourth-order valence-corrected chi connectivity index (χ4v) is 2.63. The number of likely N-dealkylation sites (tertiary alicyclic amines) is 1. The Morgan fingerprint density at radius 2 is 1.92 bits per heavy atom. The molecule has 2 unspecified atom stereocenters. The molecule has 0 aromatic carbocycles. The normalized spacial score (nSPS) is 42.5. The molecule has 3 nitrogen and oxygen atoms in total. The van der Waals surface area contributed by atoms with E-state index in [1.54, 1.807) is 0 Å². The van der Waals surface area contributed by atoms with Gasteiger partial charge >= 0.3 is 0 Å². The minimum Gasteiger partial charge on any atom is -0.391 e. The summed E-state index contributed by atoms with van der Waals surface area (Å²) >= 11 is 0. The first-order valence-electron chi connectivity index (χ1n) is 5.45. The first-order chi connectivity index (χ1) is 6.27. The molecule has 3 N–H and O–H groups in total. The Labute approximate surface area is 79.9 Å². The van der Waals surface area contributed by atoms with Gasteiger partial charge in [0.1, 0.15) is 0 Å². The van der Waals surface area contributed by atoms with E-state index in [-0.39, 0.29) is 6.10 Å². The summed E-state index contributed by atoms with van der Waals surface area (Å²) in [5, 5.41) is 9.83. The van der Waals surface area contributed by atoms with E-state index in [9.17, 15) is 5.11 Å². The van der Waals surface area contributed by atoms with Gasteiger partial charge in [-0.05, 0) is 19.3 Å². The molecule has 0 amide bonds. The first kappa shape index (κ1) is 9.44. The van der Waals surface area contributed by atoms with Crippen molar-refractivity contribution in [3.8, 4) is 0 Å². The predicted octanol–water partition coefficient (Wildman–Crippen LogP) is 0.323. The topological polar surface area (TPSA) is 49.5 Å². The van der Waals surface area contributed by atoms with Crippen molar-refractivity contribution >= 4 is 0 Å². The van der Waals surface area contributed by atoms with Crippen molar-refractivity contribution in [2.45, 2.75) is 50.3 Å². The number of hydrogen-bond acceptors (Lipinski definition) is 3. The molecular formula is C10H20N2O. The second kappa shape index (κ2) is 3.95. The highest BCUT2D eigenvalue weighted by molar-refractivity contribution is 4.88. The Kier molecular flexibility index (Phi) is 2.86. The SMILES string of the molecule is N[C@@H]1CCN(C2CCCCC2O)C1. The smallest absolute Gasteiger partial charge is 0.0695 e. The van der Waals surface area contributed by atoms with Crippen molar-refractivity contribution in [2.24, 2.45) is 5.73 Å². The van der Waals surface area contributed by atoms with Gasteiger partial charge in [-0.3, -0.25) is 4.90 Å². The van der Waals surface area contributed by atoms with E-state index in [2.05, 4.69) is 4.90 Å². The monoisotopic (exact) mass is 184 g/mol. The minimum atomic E-state index is -0.0981. The summed E-state index contributed by atoms with van der Waals surface area (Å²) in [5.74, 6) is 0. The van der Waals surface area contributed by atoms with Crippen LogP contribution >= 0.6 is 0 Å². The third-order valence-electron chi connectivity index (χ3n) is 3.42. The number of rotatable bonds is 1. The molecule has 2 aliphatic rings. The highest BCUT2D eigenvalue weighted by Crippen LogP contribution is 2.25. The van der Waals surface area contributed by atoms with Gasteiger partial charge < -0.3 is 10.8 Å². The van der Waals surface area contributed by atoms with Gasteiger partial charge in [0.2, 0.25) is 0 Å². The molecule has 0 radical (unpaired) electrons. The minimum absolute atomic E-state index is 0.0981. The van der Waals surface area contributed by atoms with Crippen molar-refractivity contribution in [2.75, 3.05) is 13.1 Å². The van der Waals surface area contributed by atoms with Gasteiger partial charge in [-0.2, -0.15) is 0 Å². The fraction of sp³-hybridized carbons (Fsp3) is 1.00. The van der Waals surface area contributed by atoms with E-state index in [1.165, 1.54) is 12.8 Å². The van der Waals surface area contributed by atoms with Crippen molar-refractivity contribution < 1.29 is 5.11 Å². The van der Waals surface area contributed by atoms with E-state index < -0.39 is 0 Å². The summed E-state index contributed by atoms with van der Waals surface area (Å²) in [4.78, 5) is 2.38. The quantitative estimate of drug-likeness (QED) is 0.617. The number of aliphatic hydroxyl groups is 1. The third-order valence-corrected chi connectivity index (χ3v) is 3.42. The van der Waals surface area contributed by atoms with Crippen LogP contribution in [0.25, 0.3) is 0 Å². The van der Waals surface area contributed by atoms with Crippen LogP contribution in [0.2, 0.25) is 0 Å². The number of hydrogen-bond donors (Lipinski definition) is 2. The summed E-state index contributed by atoms with van der Waals surface area (Å²) in [6.07, 6.45) is 5.61. The van der Waals surface area contributed by atoms with Gasteiger partial charge in [-0.15, -0.1) is 0 Å². The molecular weight excluding hydrogens is 164 g/mol. The van der Waals surface area contributed by atoms with E-state index >= 15 is 0 Å². The Bertz CT molecular complexity index is 174. The van der Waals surface area contributed by atoms with Crippen LogP contribution < -0.4 is 5.73 Å². The molecule has 3 atom stereocenters. The van der Waals surface area contributed by atoms with Crippen LogP contribution in [-0.4, -0.2) is 41.3 Å². The lowest BCUT2D eigenvalue weighted by Crippen LogP contribution is -2.45. The largest absolute Gasteiger partial charge is 0.391 e. The van der Waals surface area contributed by atoms with Crippen LogP contribution in [0.4, 0.5) is 0 Å². The van der Waals surface area contributed by atoms with Crippen molar-refractivity contribution in [3.63, 3.8) is 0 Å². The Morgan fingerprint density at radius 1 is 1.15 bits per heavy atom. The van der Waals surface area contributed by atoms with Gasteiger partial charge in [0.25, 0.3) is 0 Å².